The van der Waals surface area contributed by atoms with Crippen molar-refractivity contribution in [3.8, 4) is 0 Å². The second-order valence-electron chi connectivity index (χ2n) is 3.02. The summed E-state index contributed by atoms with van der Waals surface area (Å²) in [6, 6.07) is 0. The quantitative estimate of drug-likeness (QED) is 0.624. The maximum Gasteiger partial charge on any atom is 0.155 e. The Morgan fingerprint density at radius 2 is 1.83 bits per heavy atom. The lowest BCUT2D eigenvalue weighted by atomic mass is 10.3. The predicted octanol–water partition coefficient (Wildman–Crippen LogP) is 1.54. The van der Waals surface area contributed by atoms with Crippen LogP contribution in [0.15, 0.2) is 0 Å². The molecule has 0 aromatic carbocycles. The topological polar surface area (TPSA) is 38.7 Å². The maximum absolute atomic E-state index is 9.11. The number of aliphatic hydroxyl groups excluding tert-OH is 1. The van der Waals surface area contributed by atoms with Crippen LogP contribution in [0.25, 0.3) is 0 Å². The Morgan fingerprint density at radius 3 is 2.25 bits per heavy atom. The van der Waals surface area contributed by atoms with Gasteiger partial charge in [0.25, 0.3) is 0 Å². The number of aliphatic hydroxyl groups is 1. The van der Waals surface area contributed by atoms with Crippen molar-refractivity contribution in [1.29, 1.82) is 0 Å². The number of hydrogen-bond acceptors (Lipinski definition) is 3. The molecule has 0 bridgehead atoms. The SMILES string of the molecule is CCCOC(C)OC(C)[C@H](C)O. The van der Waals surface area contributed by atoms with Gasteiger partial charge in [-0.05, 0) is 27.2 Å². The minimum Gasteiger partial charge on any atom is -0.391 e. The molecular formula is C9H20O3. The molecule has 0 saturated heterocycles. The van der Waals surface area contributed by atoms with Crippen molar-refractivity contribution in [2.45, 2.75) is 52.6 Å². The Labute approximate surface area is 74.7 Å². The lowest BCUT2D eigenvalue weighted by Crippen LogP contribution is -2.28. The Bertz CT molecular complexity index is 104. The fourth-order valence-corrected chi connectivity index (χ4v) is 0.739. The van der Waals surface area contributed by atoms with Crippen molar-refractivity contribution in [1.82, 2.24) is 0 Å². The predicted molar refractivity (Wildman–Crippen MR) is 47.9 cm³/mol. The van der Waals surface area contributed by atoms with Gasteiger partial charge in [-0.25, -0.2) is 0 Å². The summed E-state index contributed by atoms with van der Waals surface area (Å²) in [4.78, 5) is 0. The second-order valence-corrected chi connectivity index (χ2v) is 3.02. The van der Waals surface area contributed by atoms with E-state index in [1.165, 1.54) is 0 Å². The molecule has 0 aliphatic heterocycles. The first-order chi connectivity index (χ1) is 5.57. The summed E-state index contributed by atoms with van der Waals surface area (Å²) in [5.41, 5.74) is 0. The molecule has 0 saturated carbocycles. The van der Waals surface area contributed by atoms with E-state index in [1.807, 2.05) is 20.8 Å². The molecule has 1 N–H and O–H groups in total. The van der Waals surface area contributed by atoms with Crippen LogP contribution in [0.4, 0.5) is 0 Å². The first-order valence-electron chi connectivity index (χ1n) is 4.53. The van der Waals surface area contributed by atoms with Crippen LogP contribution in [0.3, 0.4) is 0 Å². The van der Waals surface area contributed by atoms with Crippen molar-refractivity contribution in [3.63, 3.8) is 0 Å². The fraction of sp³-hybridized carbons (Fsp3) is 1.00. The zero-order chi connectivity index (χ0) is 9.56. The number of hydrogen-bond donors (Lipinski definition) is 1. The third kappa shape index (κ3) is 5.52. The summed E-state index contributed by atoms with van der Waals surface area (Å²) < 4.78 is 10.6. The molecule has 0 fully saturated rings. The van der Waals surface area contributed by atoms with Gasteiger partial charge in [0.05, 0.1) is 12.2 Å². The van der Waals surface area contributed by atoms with E-state index in [2.05, 4.69) is 0 Å². The Balaban J connectivity index is 3.47. The number of rotatable bonds is 6. The largest absolute Gasteiger partial charge is 0.391 e. The minimum atomic E-state index is -0.447. The summed E-state index contributed by atoms with van der Waals surface area (Å²) in [6.07, 6.45) is 0.139. The highest BCUT2D eigenvalue weighted by atomic mass is 16.7. The summed E-state index contributed by atoms with van der Waals surface area (Å²) in [6.45, 7) is 8.13. The molecule has 12 heavy (non-hydrogen) atoms. The third-order valence-electron chi connectivity index (χ3n) is 1.64. The molecule has 3 atom stereocenters. The molecule has 74 valence electrons. The molecule has 0 aliphatic carbocycles. The van der Waals surface area contributed by atoms with E-state index in [0.717, 1.165) is 6.42 Å². The van der Waals surface area contributed by atoms with E-state index >= 15 is 0 Å². The van der Waals surface area contributed by atoms with Crippen LogP contribution in [-0.2, 0) is 9.47 Å². The molecule has 3 heteroatoms. The normalized spacial score (nSPS) is 18.8. The highest BCUT2D eigenvalue weighted by Crippen LogP contribution is 2.03. The molecule has 0 spiro atoms. The average Bonchev–Trinajstić information content (AvgIpc) is 2.00. The Morgan fingerprint density at radius 1 is 1.25 bits per heavy atom. The van der Waals surface area contributed by atoms with E-state index in [-0.39, 0.29) is 12.4 Å². The van der Waals surface area contributed by atoms with E-state index in [9.17, 15) is 0 Å². The number of ether oxygens (including phenoxy) is 2. The van der Waals surface area contributed by atoms with Gasteiger partial charge in [-0.3, -0.25) is 0 Å². The molecule has 0 amide bonds. The van der Waals surface area contributed by atoms with E-state index in [1.54, 1.807) is 6.92 Å². The Hall–Kier alpha value is -0.120. The lowest BCUT2D eigenvalue weighted by Gasteiger charge is -2.21. The average molecular weight is 176 g/mol. The molecule has 0 radical (unpaired) electrons. The van der Waals surface area contributed by atoms with Gasteiger partial charge >= 0.3 is 0 Å². The van der Waals surface area contributed by atoms with Gasteiger partial charge < -0.3 is 14.6 Å². The Kier molecular flexibility index (Phi) is 6.34. The van der Waals surface area contributed by atoms with E-state index in [0.29, 0.717) is 6.61 Å². The van der Waals surface area contributed by atoms with Gasteiger partial charge in [-0.1, -0.05) is 6.92 Å². The standard InChI is InChI=1S/C9H20O3/c1-5-6-11-9(4)12-8(3)7(2)10/h7-10H,5-6H2,1-4H3/t7-,8?,9?/m0/s1. The molecule has 0 aliphatic rings. The van der Waals surface area contributed by atoms with Crippen LogP contribution < -0.4 is 0 Å². The van der Waals surface area contributed by atoms with Gasteiger partial charge in [-0.2, -0.15) is 0 Å². The monoisotopic (exact) mass is 176 g/mol. The zero-order valence-corrected chi connectivity index (χ0v) is 8.41. The summed E-state index contributed by atoms with van der Waals surface area (Å²) >= 11 is 0. The van der Waals surface area contributed by atoms with Crippen LogP contribution in [0.2, 0.25) is 0 Å². The molecule has 0 heterocycles. The fourth-order valence-electron chi connectivity index (χ4n) is 0.739. The van der Waals surface area contributed by atoms with Gasteiger partial charge in [0.1, 0.15) is 0 Å². The molecule has 0 aromatic rings. The molecule has 3 nitrogen and oxygen atoms in total. The molecule has 0 aromatic heterocycles. The van der Waals surface area contributed by atoms with Crippen LogP contribution in [0, 0.1) is 0 Å². The maximum atomic E-state index is 9.11. The van der Waals surface area contributed by atoms with Crippen molar-refractivity contribution < 1.29 is 14.6 Å². The first kappa shape index (κ1) is 11.9. The molecule has 0 rings (SSSR count). The van der Waals surface area contributed by atoms with Gasteiger partial charge in [0, 0.05) is 6.61 Å². The minimum absolute atomic E-state index is 0.170. The van der Waals surface area contributed by atoms with E-state index < -0.39 is 6.10 Å². The molecular weight excluding hydrogens is 156 g/mol. The first-order valence-corrected chi connectivity index (χ1v) is 4.53. The van der Waals surface area contributed by atoms with E-state index in [4.69, 9.17) is 14.6 Å². The summed E-state index contributed by atoms with van der Waals surface area (Å²) in [5, 5.41) is 9.11. The lowest BCUT2D eigenvalue weighted by molar-refractivity contribution is -0.175. The van der Waals surface area contributed by atoms with Crippen LogP contribution in [-0.4, -0.2) is 30.2 Å². The van der Waals surface area contributed by atoms with Crippen molar-refractivity contribution in [2.75, 3.05) is 6.61 Å². The van der Waals surface area contributed by atoms with Crippen LogP contribution in [0.1, 0.15) is 34.1 Å². The van der Waals surface area contributed by atoms with Gasteiger partial charge in [0.15, 0.2) is 6.29 Å². The second kappa shape index (κ2) is 6.40. The highest BCUT2D eigenvalue weighted by Gasteiger charge is 2.12. The third-order valence-corrected chi connectivity index (χ3v) is 1.64. The van der Waals surface area contributed by atoms with Crippen molar-refractivity contribution in [2.24, 2.45) is 0 Å². The smallest absolute Gasteiger partial charge is 0.155 e. The van der Waals surface area contributed by atoms with Crippen LogP contribution in [0.5, 0.6) is 0 Å². The highest BCUT2D eigenvalue weighted by molar-refractivity contribution is 4.56. The zero-order valence-electron chi connectivity index (χ0n) is 8.41. The van der Waals surface area contributed by atoms with Crippen LogP contribution >= 0.6 is 0 Å². The summed E-state index contributed by atoms with van der Waals surface area (Å²) in [5.74, 6) is 0. The summed E-state index contributed by atoms with van der Waals surface area (Å²) in [7, 11) is 0. The van der Waals surface area contributed by atoms with Gasteiger partial charge in [0.2, 0.25) is 0 Å². The van der Waals surface area contributed by atoms with Crippen molar-refractivity contribution in [3.05, 3.63) is 0 Å². The van der Waals surface area contributed by atoms with Crippen molar-refractivity contribution >= 4 is 0 Å². The molecule has 2 unspecified atom stereocenters. The van der Waals surface area contributed by atoms with Gasteiger partial charge in [-0.15, -0.1) is 0 Å².